The topological polar surface area (TPSA) is 89.5 Å². The van der Waals surface area contributed by atoms with Crippen molar-refractivity contribution in [3.8, 4) is 0 Å². The second kappa shape index (κ2) is 9.35. The zero-order valence-electron chi connectivity index (χ0n) is 16.7. The second-order valence-electron chi connectivity index (χ2n) is 7.19. The number of hydrogen-bond donors (Lipinski definition) is 1. The molecule has 1 heterocycles. The maximum atomic E-state index is 13.4. The molecule has 9 heteroatoms. The molecule has 33 heavy (non-hydrogen) atoms. The number of rotatable bonds is 6. The first kappa shape index (κ1) is 23.0. The Hall–Kier alpha value is -3.19. The van der Waals surface area contributed by atoms with E-state index in [4.69, 9.17) is 39.5 Å². The number of halogens is 3. The molecule has 0 unspecified atom stereocenters. The summed E-state index contributed by atoms with van der Waals surface area (Å²) in [5.41, 5.74) is 0.815. The molecule has 1 aliphatic heterocycles. The molecule has 0 saturated heterocycles. The van der Waals surface area contributed by atoms with Crippen LogP contribution < -0.4 is 5.32 Å². The summed E-state index contributed by atoms with van der Waals surface area (Å²) in [4.78, 5) is 51.9. The number of benzene rings is 3. The van der Waals surface area contributed by atoms with Gasteiger partial charge < -0.3 is 10.1 Å². The van der Waals surface area contributed by atoms with Crippen LogP contribution in [0.15, 0.2) is 66.7 Å². The van der Waals surface area contributed by atoms with E-state index in [1.807, 2.05) is 0 Å². The summed E-state index contributed by atoms with van der Waals surface area (Å²) in [6, 6.07) is 17.0. The van der Waals surface area contributed by atoms with Crippen molar-refractivity contribution in [3.63, 3.8) is 0 Å². The smallest absolute Gasteiger partial charge is 0.339 e. The molecule has 3 aromatic rings. The molecule has 0 aliphatic carbocycles. The first-order chi connectivity index (χ1) is 15.8. The molecule has 0 fully saturated rings. The Balaban J connectivity index is 1.71. The Morgan fingerprint density at radius 2 is 1.48 bits per heavy atom. The first-order valence-electron chi connectivity index (χ1n) is 9.67. The molecule has 1 amide bonds. The summed E-state index contributed by atoms with van der Waals surface area (Å²) >= 11 is 18.0. The van der Waals surface area contributed by atoms with Crippen molar-refractivity contribution in [1.82, 2.24) is 0 Å². The summed E-state index contributed by atoms with van der Waals surface area (Å²) in [6.07, 6.45) is -1.26. The largest absolute Gasteiger partial charge is 0.453 e. The Morgan fingerprint density at radius 1 is 0.848 bits per heavy atom. The number of ether oxygens (including phenoxy) is 1. The van der Waals surface area contributed by atoms with E-state index in [1.165, 1.54) is 30.3 Å². The zero-order chi connectivity index (χ0) is 23.7. The lowest BCUT2D eigenvalue weighted by molar-refractivity contribution is -0.138. The highest BCUT2D eigenvalue weighted by molar-refractivity contribution is 6.47. The number of cyclic esters (lactones) is 1. The Labute approximate surface area is 203 Å². The number of fused-ring (bicyclic) bond motifs is 1. The van der Waals surface area contributed by atoms with E-state index in [9.17, 15) is 19.2 Å². The SMILES string of the molecule is O=C(Nc1cc(Cl)c(Cl)cc1Cl)C(=O)[C@H](C(=O)c1ccccc1)[C@H]1OC(=O)c2ccccc21. The minimum absolute atomic E-state index is 0.0409. The first-order valence-corrected chi connectivity index (χ1v) is 10.8. The summed E-state index contributed by atoms with van der Waals surface area (Å²) in [6.45, 7) is 0. The van der Waals surface area contributed by atoms with Crippen LogP contribution in [0.5, 0.6) is 0 Å². The zero-order valence-corrected chi connectivity index (χ0v) is 18.9. The average molecular weight is 503 g/mol. The molecule has 1 N–H and O–H groups in total. The van der Waals surface area contributed by atoms with E-state index in [-0.39, 0.29) is 31.9 Å². The van der Waals surface area contributed by atoms with Crippen LogP contribution >= 0.6 is 34.8 Å². The molecule has 3 aromatic carbocycles. The quantitative estimate of drug-likeness (QED) is 0.157. The average Bonchev–Trinajstić information content (AvgIpc) is 3.14. The minimum Gasteiger partial charge on any atom is -0.453 e. The van der Waals surface area contributed by atoms with Crippen LogP contribution in [-0.2, 0) is 14.3 Å². The third-order valence-electron chi connectivity index (χ3n) is 5.13. The highest BCUT2D eigenvalue weighted by atomic mass is 35.5. The molecule has 1 aliphatic rings. The van der Waals surface area contributed by atoms with E-state index < -0.39 is 35.5 Å². The number of ketones is 2. The third kappa shape index (κ3) is 4.50. The van der Waals surface area contributed by atoms with Crippen molar-refractivity contribution < 1.29 is 23.9 Å². The van der Waals surface area contributed by atoms with E-state index >= 15 is 0 Å². The molecule has 0 spiro atoms. The summed E-state index contributed by atoms with van der Waals surface area (Å²) in [5.74, 6) is -5.17. The van der Waals surface area contributed by atoms with Crippen LogP contribution in [0.25, 0.3) is 0 Å². The van der Waals surface area contributed by atoms with Crippen molar-refractivity contribution in [3.05, 3.63) is 98.5 Å². The summed E-state index contributed by atoms with van der Waals surface area (Å²) in [5, 5.41) is 2.69. The van der Waals surface area contributed by atoms with Gasteiger partial charge in [-0.2, -0.15) is 0 Å². The maximum absolute atomic E-state index is 13.4. The van der Waals surface area contributed by atoms with Crippen molar-refractivity contribution in [2.75, 3.05) is 5.32 Å². The van der Waals surface area contributed by atoms with Gasteiger partial charge in [0.2, 0.25) is 5.78 Å². The van der Waals surface area contributed by atoms with Crippen LogP contribution in [0.2, 0.25) is 15.1 Å². The Bertz CT molecular complexity index is 1290. The number of hydrogen-bond acceptors (Lipinski definition) is 5. The molecular weight excluding hydrogens is 489 g/mol. The summed E-state index contributed by atoms with van der Waals surface area (Å²) in [7, 11) is 0. The van der Waals surface area contributed by atoms with Gasteiger partial charge in [-0.1, -0.05) is 83.3 Å². The molecule has 4 rings (SSSR count). The van der Waals surface area contributed by atoms with E-state index in [0.29, 0.717) is 5.56 Å². The van der Waals surface area contributed by atoms with Crippen molar-refractivity contribution in [2.24, 2.45) is 5.92 Å². The van der Waals surface area contributed by atoms with Crippen molar-refractivity contribution >= 4 is 63.9 Å². The molecule has 0 radical (unpaired) electrons. The van der Waals surface area contributed by atoms with Crippen molar-refractivity contribution in [1.29, 1.82) is 0 Å². The van der Waals surface area contributed by atoms with Gasteiger partial charge >= 0.3 is 5.97 Å². The number of anilines is 1. The number of Topliss-reactive ketones (excluding diaryl/α,β-unsaturated/α-hetero) is 2. The van der Waals surface area contributed by atoms with E-state index in [1.54, 1.807) is 36.4 Å². The Morgan fingerprint density at radius 3 is 2.21 bits per heavy atom. The fourth-order valence-electron chi connectivity index (χ4n) is 3.54. The van der Waals surface area contributed by atoms with Crippen LogP contribution in [0, 0.1) is 5.92 Å². The number of carbonyl (C=O) groups excluding carboxylic acids is 4. The Kier molecular flexibility index (Phi) is 6.51. The highest BCUT2D eigenvalue weighted by Crippen LogP contribution is 2.38. The van der Waals surface area contributed by atoms with Gasteiger partial charge in [0.05, 0.1) is 26.3 Å². The third-order valence-corrected chi connectivity index (χ3v) is 6.16. The van der Waals surface area contributed by atoms with Crippen LogP contribution in [0.3, 0.4) is 0 Å². The van der Waals surface area contributed by atoms with Gasteiger partial charge in [-0.25, -0.2) is 4.79 Å². The monoisotopic (exact) mass is 501 g/mol. The highest BCUT2D eigenvalue weighted by Gasteiger charge is 2.46. The van der Waals surface area contributed by atoms with Gasteiger partial charge in [0.25, 0.3) is 5.91 Å². The molecular formula is C24H14Cl3NO5. The maximum Gasteiger partial charge on any atom is 0.339 e. The number of carbonyl (C=O) groups is 4. The van der Waals surface area contributed by atoms with Crippen molar-refractivity contribution in [2.45, 2.75) is 6.10 Å². The van der Waals surface area contributed by atoms with E-state index in [0.717, 1.165) is 0 Å². The van der Waals surface area contributed by atoms with Crippen LogP contribution in [0.4, 0.5) is 5.69 Å². The van der Waals surface area contributed by atoms with Gasteiger partial charge in [-0.15, -0.1) is 0 Å². The van der Waals surface area contributed by atoms with Gasteiger partial charge in [0.1, 0.15) is 12.0 Å². The minimum atomic E-state index is -1.61. The normalized spacial score (nSPS) is 15.4. The second-order valence-corrected chi connectivity index (χ2v) is 8.41. The lowest BCUT2D eigenvalue weighted by Gasteiger charge is -2.21. The molecule has 0 saturated carbocycles. The van der Waals surface area contributed by atoms with Gasteiger partial charge in [0, 0.05) is 11.1 Å². The van der Waals surface area contributed by atoms with E-state index in [2.05, 4.69) is 5.32 Å². The predicted octanol–water partition coefficient (Wildman–Crippen LogP) is 5.57. The number of nitrogens with one attached hydrogen (secondary N) is 1. The fraction of sp³-hybridized carbons (Fsp3) is 0.0833. The molecule has 6 nitrogen and oxygen atoms in total. The van der Waals surface area contributed by atoms with Gasteiger partial charge in [0.15, 0.2) is 5.78 Å². The standard InChI is InChI=1S/C24H14Cl3NO5/c25-15-10-17(27)18(11-16(15)26)28-23(31)21(30)19(20(29)12-6-2-1-3-7-12)22-13-8-4-5-9-14(13)24(32)33-22/h1-11,19,22H,(H,28,31)/t19-,22-/m0/s1. The fourth-order valence-corrected chi connectivity index (χ4v) is 4.13. The number of amides is 1. The molecule has 0 aromatic heterocycles. The lowest BCUT2D eigenvalue weighted by atomic mass is 9.84. The lowest BCUT2D eigenvalue weighted by Crippen LogP contribution is -2.38. The van der Waals surface area contributed by atoms with Gasteiger partial charge in [-0.3, -0.25) is 14.4 Å². The van der Waals surface area contributed by atoms with Crippen LogP contribution in [0.1, 0.15) is 32.4 Å². The molecule has 2 atom stereocenters. The summed E-state index contributed by atoms with van der Waals surface area (Å²) < 4.78 is 5.39. The predicted molar refractivity (Wildman–Crippen MR) is 124 cm³/mol. The number of esters is 1. The molecule has 0 bridgehead atoms. The van der Waals surface area contributed by atoms with Gasteiger partial charge in [-0.05, 0) is 18.2 Å². The molecule has 166 valence electrons. The van der Waals surface area contributed by atoms with Crippen LogP contribution in [-0.4, -0.2) is 23.4 Å².